The van der Waals surface area contributed by atoms with Crippen molar-refractivity contribution in [1.82, 2.24) is 9.47 Å². The summed E-state index contributed by atoms with van der Waals surface area (Å²) in [6.07, 6.45) is 0. The summed E-state index contributed by atoms with van der Waals surface area (Å²) in [6.45, 7) is 3.54. The molecule has 7 heteroatoms. The van der Waals surface area contributed by atoms with Crippen molar-refractivity contribution in [3.63, 3.8) is 0 Å². The van der Waals surface area contributed by atoms with Crippen LogP contribution in [-0.4, -0.2) is 27.0 Å². The van der Waals surface area contributed by atoms with Gasteiger partial charge in [-0.05, 0) is 66.6 Å². The van der Waals surface area contributed by atoms with Gasteiger partial charge in [-0.2, -0.15) is 0 Å². The Balaban J connectivity index is 1.20. The Morgan fingerprint density at radius 3 is 2.45 bits per heavy atom. The van der Waals surface area contributed by atoms with Crippen LogP contribution in [0.4, 0.5) is 5.69 Å². The zero-order chi connectivity index (χ0) is 26.2. The van der Waals surface area contributed by atoms with E-state index in [2.05, 4.69) is 41.1 Å². The van der Waals surface area contributed by atoms with Crippen LogP contribution in [-0.2, 0) is 17.9 Å². The number of amides is 2. The van der Waals surface area contributed by atoms with E-state index in [1.54, 1.807) is 11.8 Å². The third-order valence-corrected chi connectivity index (χ3v) is 8.55. The highest BCUT2D eigenvalue weighted by atomic mass is 35.5. The number of benzene rings is 4. The number of aromatic nitrogens is 1. The first-order valence-electron chi connectivity index (χ1n) is 12.6. The fourth-order valence-electron chi connectivity index (χ4n) is 5.16. The molecule has 1 N–H and O–H groups in total. The maximum atomic E-state index is 13.1. The van der Waals surface area contributed by atoms with Gasteiger partial charge >= 0.3 is 0 Å². The molecule has 2 amide bonds. The molecule has 1 saturated heterocycles. The van der Waals surface area contributed by atoms with Gasteiger partial charge in [-0.25, -0.2) is 0 Å². The number of anilines is 1. The van der Waals surface area contributed by atoms with Crippen molar-refractivity contribution in [3.05, 3.63) is 113 Å². The number of hydrogen-bond donors (Lipinski definition) is 1. The van der Waals surface area contributed by atoms with Crippen LogP contribution in [0.25, 0.3) is 21.8 Å². The molecule has 0 bridgehead atoms. The summed E-state index contributed by atoms with van der Waals surface area (Å²) >= 11 is 7.61. The van der Waals surface area contributed by atoms with Gasteiger partial charge in [-0.1, -0.05) is 54.1 Å². The lowest BCUT2D eigenvalue weighted by molar-refractivity contribution is -0.128. The second kappa shape index (κ2) is 10.2. The number of thioether (sulfide) groups is 1. The molecule has 1 aliphatic rings. The standard InChI is InChI=1S/C31H26ClN3O2S/c1-2-34-27-6-4-3-5-25(27)26-17-24(15-16-28(26)34)33-30(37)21-9-11-22(12-10-21)31-35(29(36)19-38-31)18-20-7-13-23(32)14-8-20/h3-17,31H,2,18-19H2,1H3,(H,33,37)/t31-/m0/s1. The van der Waals surface area contributed by atoms with Crippen molar-refractivity contribution in [1.29, 1.82) is 0 Å². The summed E-state index contributed by atoms with van der Waals surface area (Å²) in [4.78, 5) is 27.6. The molecule has 0 radical (unpaired) electrons. The molecular formula is C31H26ClN3O2S. The van der Waals surface area contributed by atoms with Gasteiger partial charge in [0.2, 0.25) is 5.91 Å². The highest BCUT2D eigenvalue weighted by molar-refractivity contribution is 8.00. The average Bonchev–Trinajstić information content (AvgIpc) is 3.46. The lowest BCUT2D eigenvalue weighted by atomic mass is 10.1. The molecule has 38 heavy (non-hydrogen) atoms. The molecule has 1 atom stereocenters. The van der Waals surface area contributed by atoms with Crippen LogP contribution in [0.3, 0.4) is 0 Å². The number of para-hydroxylation sites is 1. The zero-order valence-corrected chi connectivity index (χ0v) is 22.4. The quantitative estimate of drug-likeness (QED) is 0.243. The predicted molar refractivity (Wildman–Crippen MR) is 157 cm³/mol. The van der Waals surface area contributed by atoms with Gasteiger partial charge in [0.1, 0.15) is 5.37 Å². The number of fused-ring (bicyclic) bond motifs is 3. The third-order valence-electron chi connectivity index (χ3n) is 7.04. The van der Waals surface area contributed by atoms with Crippen molar-refractivity contribution in [2.24, 2.45) is 0 Å². The van der Waals surface area contributed by atoms with Gasteiger partial charge in [0, 0.05) is 51.2 Å². The minimum absolute atomic E-state index is 0.0893. The Labute approximate surface area is 230 Å². The van der Waals surface area contributed by atoms with Gasteiger partial charge in [-0.3, -0.25) is 9.59 Å². The van der Waals surface area contributed by atoms with E-state index in [1.165, 1.54) is 10.9 Å². The number of carbonyl (C=O) groups excluding carboxylic acids is 2. The molecule has 0 aliphatic carbocycles. The summed E-state index contributed by atoms with van der Waals surface area (Å²) in [7, 11) is 0. The topological polar surface area (TPSA) is 54.3 Å². The van der Waals surface area contributed by atoms with Crippen LogP contribution in [0.5, 0.6) is 0 Å². The van der Waals surface area contributed by atoms with Gasteiger partial charge in [0.05, 0.1) is 5.75 Å². The van der Waals surface area contributed by atoms with Crippen molar-refractivity contribution in [2.75, 3.05) is 11.1 Å². The highest BCUT2D eigenvalue weighted by Crippen LogP contribution is 2.39. The Hall–Kier alpha value is -3.74. The first-order chi connectivity index (χ1) is 18.5. The second-order valence-electron chi connectivity index (χ2n) is 9.38. The number of rotatable bonds is 6. The molecule has 6 rings (SSSR count). The average molecular weight is 540 g/mol. The van der Waals surface area contributed by atoms with Gasteiger partial charge in [-0.15, -0.1) is 11.8 Å². The molecule has 5 aromatic rings. The van der Waals surface area contributed by atoms with Gasteiger partial charge < -0.3 is 14.8 Å². The highest BCUT2D eigenvalue weighted by Gasteiger charge is 2.32. The van der Waals surface area contributed by atoms with E-state index in [0.29, 0.717) is 22.9 Å². The molecule has 0 saturated carbocycles. The predicted octanol–water partition coefficient (Wildman–Crippen LogP) is 7.49. The van der Waals surface area contributed by atoms with E-state index in [1.807, 2.05) is 71.6 Å². The van der Waals surface area contributed by atoms with Gasteiger partial charge in [0.15, 0.2) is 0 Å². The van der Waals surface area contributed by atoms with Crippen LogP contribution in [0.2, 0.25) is 5.02 Å². The van der Waals surface area contributed by atoms with Crippen LogP contribution in [0.15, 0.2) is 91.0 Å². The fraction of sp³-hybridized carbons (Fsp3) is 0.161. The minimum Gasteiger partial charge on any atom is -0.341 e. The third kappa shape index (κ3) is 4.55. The van der Waals surface area contributed by atoms with Crippen LogP contribution >= 0.6 is 23.4 Å². The lowest BCUT2D eigenvalue weighted by Crippen LogP contribution is -2.27. The Morgan fingerprint density at radius 2 is 1.68 bits per heavy atom. The van der Waals surface area contributed by atoms with Crippen molar-refractivity contribution >= 4 is 62.7 Å². The molecule has 1 fully saturated rings. The number of nitrogens with zero attached hydrogens (tertiary/aromatic N) is 2. The summed E-state index contributed by atoms with van der Waals surface area (Å²) in [5, 5.41) is 5.94. The molecule has 5 nitrogen and oxygen atoms in total. The normalized spacial score (nSPS) is 15.5. The molecule has 1 aromatic heterocycles. The summed E-state index contributed by atoms with van der Waals surface area (Å²) in [5.41, 5.74) is 5.71. The van der Waals surface area contributed by atoms with Crippen molar-refractivity contribution in [2.45, 2.75) is 25.4 Å². The molecular weight excluding hydrogens is 514 g/mol. The van der Waals surface area contributed by atoms with Crippen LogP contribution < -0.4 is 5.32 Å². The van der Waals surface area contributed by atoms with Crippen molar-refractivity contribution < 1.29 is 9.59 Å². The zero-order valence-electron chi connectivity index (χ0n) is 20.9. The van der Waals surface area contributed by atoms with E-state index < -0.39 is 0 Å². The fourth-order valence-corrected chi connectivity index (χ4v) is 6.48. The summed E-state index contributed by atoms with van der Waals surface area (Å²) < 4.78 is 2.29. The number of nitrogens with one attached hydrogen (secondary N) is 1. The molecule has 1 aliphatic heterocycles. The monoisotopic (exact) mass is 539 g/mol. The molecule has 4 aromatic carbocycles. The first kappa shape index (κ1) is 24.6. The van der Waals surface area contributed by atoms with E-state index in [0.717, 1.165) is 34.3 Å². The van der Waals surface area contributed by atoms with Crippen LogP contribution in [0.1, 0.15) is 33.8 Å². The van der Waals surface area contributed by atoms with Crippen LogP contribution in [0, 0.1) is 0 Å². The maximum Gasteiger partial charge on any atom is 0.255 e. The smallest absolute Gasteiger partial charge is 0.255 e. The number of aryl methyl sites for hydroxylation is 1. The van der Waals surface area contributed by atoms with Crippen molar-refractivity contribution in [3.8, 4) is 0 Å². The number of carbonyl (C=O) groups is 2. The largest absolute Gasteiger partial charge is 0.341 e. The lowest BCUT2D eigenvalue weighted by Gasteiger charge is -2.24. The number of hydrogen-bond acceptors (Lipinski definition) is 3. The van der Waals surface area contributed by atoms with E-state index in [9.17, 15) is 9.59 Å². The molecule has 2 heterocycles. The molecule has 0 unspecified atom stereocenters. The molecule has 0 spiro atoms. The maximum absolute atomic E-state index is 13.1. The summed E-state index contributed by atoms with van der Waals surface area (Å²) in [5.74, 6) is 0.386. The Bertz CT molecular complexity index is 1660. The van der Waals surface area contributed by atoms with Gasteiger partial charge in [0.25, 0.3) is 5.91 Å². The van der Waals surface area contributed by atoms with E-state index in [-0.39, 0.29) is 17.2 Å². The van der Waals surface area contributed by atoms with E-state index >= 15 is 0 Å². The van der Waals surface area contributed by atoms with E-state index in [4.69, 9.17) is 11.6 Å². The SMILES string of the molecule is CCn1c2ccccc2c2cc(NC(=O)c3ccc([C@@H]4SCC(=O)N4Cc4ccc(Cl)cc4)cc3)ccc21. The Morgan fingerprint density at radius 1 is 0.947 bits per heavy atom. The number of halogens is 1. The Kier molecular flexibility index (Phi) is 6.60. The molecule has 190 valence electrons. The first-order valence-corrected chi connectivity index (χ1v) is 14.0. The minimum atomic E-state index is -0.164. The summed E-state index contributed by atoms with van der Waals surface area (Å²) in [6, 6.07) is 29.5. The second-order valence-corrected chi connectivity index (χ2v) is 10.9.